The van der Waals surface area contributed by atoms with E-state index in [2.05, 4.69) is 68.6 Å². The van der Waals surface area contributed by atoms with Gasteiger partial charge in [0.2, 0.25) is 0 Å². The fraction of sp³-hybridized carbons (Fsp3) is 0.294. The molecule has 1 rings (SSSR count). The highest BCUT2D eigenvalue weighted by Crippen LogP contribution is 2.12. The minimum atomic E-state index is 0.778. The van der Waals surface area contributed by atoms with E-state index in [1.165, 1.54) is 22.3 Å². The van der Waals surface area contributed by atoms with Crippen LogP contribution in [0.5, 0.6) is 0 Å². The second-order valence-corrected chi connectivity index (χ2v) is 4.92. The number of rotatable bonds is 6. The van der Waals surface area contributed by atoms with Gasteiger partial charge < -0.3 is 5.43 Å². The van der Waals surface area contributed by atoms with Crippen LogP contribution in [0.25, 0.3) is 0 Å². The SMILES string of the molecule is C=C/C(C)=C\C(C)=C/CNNc1cc(C)cc(C)c1. The van der Waals surface area contributed by atoms with Crippen LogP contribution in [0.3, 0.4) is 0 Å². The predicted molar refractivity (Wildman–Crippen MR) is 85.3 cm³/mol. The molecular weight excluding hydrogens is 232 g/mol. The van der Waals surface area contributed by atoms with E-state index >= 15 is 0 Å². The lowest BCUT2D eigenvalue weighted by Gasteiger charge is -2.08. The quantitative estimate of drug-likeness (QED) is 0.450. The summed E-state index contributed by atoms with van der Waals surface area (Å²) < 4.78 is 0. The van der Waals surface area contributed by atoms with Crippen molar-refractivity contribution in [3.63, 3.8) is 0 Å². The summed E-state index contributed by atoms with van der Waals surface area (Å²) in [6.45, 7) is 12.9. The molecule has 2 N–H and O–H groups in total. The highest BCUT2D eigenvalue weighted by Gasteiger charge is 1.94. The van der Waals surface area contributed by atoms with E-state index in [0.717, 1.165) is 12.2 Å². The van der Waals surface area contributed by atoms with Crippen LogP contribution in [-0.4, -0.2) is 6.54 Å². The van der Waals surface area contributed by atoms with E-state index in [9.17, 15) is 0 Å². The van der Waals surface area contributed by atoms with Crippen molar-refractivity contribution in [3.8, 4) is 0 Å². The van der Waals surface area contributed by atoms with Crippen molar-refractivity contribution in [2.75, 3.05) is 12.0 Å². The topological polar surface area (TPSA) is 24.1 Å². The molecule has 0 saturated heterocycles. The van der Waals surface area contributed by atoms with Crippen molar-refractivity contribution in [3.05, 3.63) is 65.3 Å². The third kappa shape index (κ3) is 6.07. The van der Waals surface area contributed by atoms with E-state index in [1.54, 1.807) is 0 Å². The first-order valence-electron chi connectivity index (χ1n) is 6.56. The molecule has 0 saturated carbocycles. The number of anilines is 1. The van der Waals surface area contributed by atoms with E-state index < -0.39 is 0 Å². The lowest BCUT2D eigenvalue weighted by molar-refractivity contribution is 0.890. The van der Waals surface area contributed by atoms with Gasteiger partial charge in [0, 0.05) is 12.2 Å². The summed E-state index contributed by atoms with van der Waals surface area (Å²) in [6.07, 6.45) is 6.12. The van der Waals surface area contributed by atoms with E-state index in [4.69, 9.17) is 0 Å². The van der Waals surface area contributed by atoms with Crippen LogP contribution in [0.15, 0.2) is 54.2 Å². The maximum atomic E-state index is 3.74. The summed E-state index contributed by atoms with van der Waals surface area (Å²) in [5.41, 5.74) is 12.4. The standard InChI is InChI=1S/C17H24N2/c1-6-13(2)9-14(3)7-8-18-19-17-11-15(4)10-16(5)12-17/h6-7,9-12,18-19H,1,8H2,2-5H3/b13-9-,14-7-. The molecule has 0 unspecified atom stereocenters. The second-order valence-electron chi connectivity index (χ2n) is 4.92. The van der Waals surface area contributed by atoms with Crippen LogP contribution in [0.2, 0.25) is 0 Å². The van der Waals surface area contributed by atoms with E-state index in [0.29, 0.717) is 0 Å². The minimum absolute atomic E-state index is 0.778. The molecule has 2 nitrogen and oxygen atoms in total. The first-order valence-corrected chi connectivity index (χ1v) is 6.56. The smallest absolute Gasteiger partial charge is 0.0492 e. The molecule has 0 fully saturated rings. The third-order valence-corrected chi connectivity index (χ3v) is 2.76. The fourth-order valence-corrected chi connectivity index (χ4v) is 1.89. The molecule has 0 spiro atoms. The van der Waals surface area contributed by atoms with Crippen LogP contribution < -0.4 is 10.9 Å². The predicted octanol–water partition coefficient (Wildman–Crippen LogP) is 4.30. The van der Waals surface area contributed by atoms with Crippen molar-refractivity contribution in [1.29, 1.82) is 0 Å². The van der Waals surface area contributed by atoms with Gasteiger partial charge in [-0.1, -0.05) is 42.0 Å². The Bertz CT molecular complexity index is 476. The molecule has 0 bridgehead atoms. The van der Waals surface area contributed by atoms with Crippen LogP contribution in [0.1, 0.15) is 25.0 Å². The van der Waals surface area contributed by atoms with Gasteiger partial charge in [0.25, 0.3) is 0 Å². The van der Waals surface area contributed by atoms with E-state index in [1.807, 2.05) is 13.0 Å². The zero-order chi connectivity index (χ0) is 14.3. The number of hydrazine groups is 1. The number of nitrogens with one attached hydrogen (secondary N) is 2. The summed E-state index contributed by atoms with van der Waals surface area (Å²) in [7, 11) is 0. The summed E-state index contributed by atoms with van der Waals surface area (Å²) in [4.78, 5) is 0. The van der Waals surface area contributed by atoms with Gasteiger partial charge in [0.1, 0.15) is 0 Å². The monoisotopic (exact) mass is 256 g/mol. The Balaban J connectivity index is 2.46. The van der Waals surface area contributed by atoms with Gasteiger partial charge >= 0.3 is 0 Å². The third-order valence-electron chi connectivity index (χ3n) is 2.76. The molecule has 0 radical (unpaired) electrons. The van der Waals surface area contributed by atoms with Gasteiger partial charge in [0.15, 0.2) is 0 Å². The highest BCUT2D eigenvalue weighted by atomic mass is 15.3. The molecular formula is C17H24N2. The number of allylic oxidation sites excluding steroid dienone is 4. The van der Waals surface area contributed by atoms with Crippen molar-refractivity contribution in [1.82, 2.24) is 5.43 Å². The summed E-state index contributed by atoms with van der Waals surface area (Å²) in [5.74, 6) is 0. The summed E-state index contributed by atoms with van der Waals surface area (Å²) in [5, 5.41) is 0. The van der Waals surface area contributed by atoms with Crippen molar-refractivity contribution in [2.45, 2.75) is 27.7 Å². The number of aryl methyl sites for hydroxylation is 2. The zero-order valence-electron chi connectivity index (χ0n) is 12.4. The average Bonchev–Trinajstić information content (AvgIpc) is 2.33. The molecule has 0 atom stereocenters. The first kappa shape index (κ1) is 15.3. The van der Waals surface area contributed by atoms with Crippen LogP contribution in [-0.2, 0) is 0 Å². The minimum Gasteiger partial charge on any atom is -0.321 e. The molecule has 19 heavy (non-hydrogen) atoms. The van der Waals surface area contributed by atoms with E-state index in [-0.39, 0.29) is 0 Å². The van der Waals surface area contributed by atoms with Crippen LogP contribution in [0, 0.1) is 13.8 Å². The molecule has 0 aliphatic rings. The zero-order valence-corrected chi connectivity index (χ0v) is 12.4. The Morgan fingerprint density at radius 3 is 2.32 bits per heavy atom. The van der Waals surface area contributed by atoms with Gasteiger partial charge in [0.05, 0.1) is 0 Å². The molecule has 0 aliphatic carbocycles. The second kappa shape index (κ2) is 7.59. The molecule has 0 aliphatic heterocycles. The highest BCUT2D eigenvalue weighted by molar-refractivity contribution is 5.47. The first-order chi connectivity index (χ1) is 9.01. The Morgan fingerprint density at radius 1 is 1.11 bits per heavy atom. The van der Waals surface area contributed by atoms with Gasteiger partial charge in [-0.15, -0.1) is 0 Å². The van der Waals surface area contributed by atoms with Crippen molar-refractivity contribution >= 4 is 5.69 Å². The molecule has 0 aromatic heterocycles. The summed E-state index contributed by atoms with van der Waals surface area (Å²) >= 11 is 0. The Kier molecular flexibility index (Phi) is 6.10. The number of hydrogen-bond donors (Lipinski definition) is 2. The van der Waals surface area contributed by atoms with Gasteiger partial charge in [-0.2, -0.15) is 0 Å². The largest absolute Gasteiger partial charge is 0.321 e. The Labute approximate surface area is 116 Å². The fourth-order valence-electron chi connectivity index (χ4n) is 1.89. The molecule has 0 amide bonds. The molecule has 1 aromatic rings. The normalized spacial score (nSPS) is 12.4. The van der Waals surface area contributed by atoms with Crippen molar-refractivity contribution in [2.24, 2.45) is 0 Å². The van der Waals surface area contributed by atoms with Gasteiger partial charge in [-0.25, -0.2) is 5.43 Å². The Hall–Kier alpha value is -1.80. The summed E-state index contributed by atoms with van der Waals surface area (Å²) in [6, 6.07) is 6.41. The van der Waals surface area contributed by atoms with Gasteiger partial charge in [-0.05, 0) is 51.0 Å². The van der Waals surface area contributed by atoms with Crippen LogP contribution >= 0.6 is 0 Å². The van der Waals surface area contributed by atoms with Gasteiger partial charge in [-0.3, -0.25) is 0 Å². The maximum Gasteiger partial charge on any atom is 0.0492 e. The van der Waals surface area contributed by atoms with Crippen LogP contribution in [0.4, 0.5) is 5.69 Å². The molecule has 1 aromatic carbocycles. The molecule has 0 heterocycles. The number of hydrogen-bond acceptors (Lipinski definition) is 2. The Morgan fingerprint density at radius 2 is 1.74 bits per heavy atom. The lowest BCUT2D eigenvalue weighted by Crippen LogP contribution is -2.21. The lowest BCUT2D eigenvalue weighted by atomic mass is 10.1. The van der Waals surface area contributed by atoms with Crippen molar-refractivity contribution < 1.29 is 0 Å². The average molecular weight is 256 g/mol. The number of benzene rings is 1. The molecule has 102 valence electrons. The molecule has 2 heteroatoms. The maximum absolute atomic E-state index is 3.74.